The van der Waals surface area contributed by atoms with Crippen LogP contribution in [-0.2, 0) is 0 Å². The first-order valence-corrected chi connectivity index (χ1v) is 5.85. The Hall–Kier alpha value is -3.22. The van der Waals surface area contributed by atoms with Crippen LogP contribution in [-0.4, -0.2) is 26.7 Å². The minimum atomic E-state index is -0.871. The highest BCUT2D eigenvalue weighted by Gasteiger charge is 2.36. The van der Waals surface area contributed by atoms with E-state index in [0.717, 1.165) is 12.1 Å². The van der Waals surface area contributed by atoms with Crippen molar-refractivity contribution in [3.05, 3.63) is 62.7 Å². The Morgan fingerprint density at radius 1 is 0.905 bits per heavy atom. The number of phenolic OH excluding ortho intramolecular Hbond substituents is 2. The summed E-state index contributed by atoms with van der Waals surface area (Å²) in [6.07, 6.45) is 0. The van der Waals surface area contributed by atoms with Gasteiger partial charge in [0.1, 0.15) is 5.75 Å². The maximum Gasteiger partial charge on any atom is 0.311 e. The molecule has 7 nitrogen and oxygen atoms in total. The molecule has 104 valence electrons. The number of nitro groups is 1. The second kappa shape index (κ2) is 4.14. The van der Waals surface area contributed by atoms with Crippen molar-refractivity contribution in [2.24, 2.45) is 0 Å². The summed E-state index contributed by atoms with van der Waals surface area (Å²) in [7, 11) is 0. The van der Waals surface area contributed by atoms with E-state index in [9.17, 15) is 29.9 Å². The summed E-state index contributed by atoms with van der Waals surface area (Å²) in [5.41, 5.74) is -1.51. The van der Waals surface area contributed by atoms with Crippen LogP contribution >= 0.6 is 0 Å². The largest absolute Gasteiger partial charge is 0.507 e. The zero-order valence-corrected chi connectivity index (χ0v) is 10.4. The third kappa shape index (κ3) is 1.61. The number of fused-ring (bicyclic) bond motifs is 2. The molecule has 0 aromatic heterocycles. The van der Waals surface area contributed by atoms with E-state index in [-0.39, 0.29) is 16.7 Å². The van der Waals surface area contributed by atoms with Crippen LogP contribution in [0.25, 0.3) is 0 Å². The van der Waals surface area contributed by atoms with Crippen LogP contribution in [0.3, 0.4) is 0 Å². The number of hydrogen-bond acceptors (Lipinski definition) is 6. The van der Waals surface area contributed by atoms with Crippen molar-refractivity contribution in [2.45, 2.75) is 0 Å². The molecule has 0 saturated heterocycles. The predicted molar refractivity (Wildman–Crippen MR) is 69.7 cm³/mol. The van der Waals surface area contributed by atoms with Gasteiger partial charge in [-0.2, -0.15) is 0 Å². The second-order valence-electron chi connectivity index (χ2n) is 4.47. The first kappa shape index (κ1) is 12.8. The summed E-state index contributed by atoms with van der Waals surface area (Å²) in [6, 6.07) is 6.10. The molecule has 0 saturated carbocycles. The van der Waals surface area contributed by atoms with E-state index in [1.807, 2.05) is 0 Å². The van der Waals surface area contributed by atoms with Gasteiger partial charge in [-0.25, -0.2) is 0 Å². The number of phenols is 2. The molecule has 0 fully saturated rings. The Labute approximate surface area is 117 Å². The van der Waals surface area contributed by atoms with Crippen LogP contribution < -0.4 is 0 Å². The van der Waals surface area contributed by atoms with Crippen LogP contribution in [0.2, 0.25) is 0 Å². The van der Waals surface area contributed by atoms with Crippen molar-refractivity contribution in [1.82, 2.24) is 0 Å². The number of carbonyl (C=O) groups excluding carboxylic acids is 2. The molecule has 0 aliphatic heterocycles. The summed E-state index contributed by atoms with van der Waals surface area (Å²) in [5.74, 6) is -2.69. The standard InChI is InChI=1S/C14H7NO6/c16-9-3-1-2-6-10(9)14(19)11-7(12(6)17)4-5-8(13(11)18)15(20)21/h1-5,16,18H. The van der Waals surface area contributed by atoms with Crippen LogP contribution in [0, 0.1) is 10.1 Å². The van der Waals surface area contributed by atoms with Crippen molar-refractivity contribution < 1.29 is 24.7 Å². The molecule has 0 amide bonds. The lowest BCUT2D eigenvalue weighted by Crippen LogP contribution is -2.21. The molecule has 0 bridgehead atoms. The summed E-state index contributed by atoms with van der Waals surface area (Å²) in [6.45, 7) is 0. The molecular formula is C14H7NO6. The number of hydrogen-bond donors (Lipinski definition) is 2. The Balaban J connectivity index is 2.37. The minimum Gasteiger partial charge on any atom is -0.507 e. The Morgan fingerprint density at radius 2 is 1.57 bits per heavy atom. The van der Waals surface area contributed by atoms with Gasteiger partial charge in [-0.3, -0.25) is 19.7 Å². The summed E-state index contributed by atoms with van der Waals surface area (Å²) in [4.78, 5) is 34.6. The predicted octanol–water partition coefficient (Wildman–Crippen LogP) is 1.78. The van der Waals surface area contributed by atoms with Crippen molar-refractivity contribution in [2.75, 3.05) is 0 Å². The van der Waals surface area contributed by atoms with Gasteiger partial charge in [-0.1, -0.05) is 12.1 Å². The second-order valence-corrected chi connectivity index (χ2v) is 4.47. The highest BCUT2D eigenvalue weighted by molar-refractivity contribution is 6.30. The third-order valence-corrected chi connectivity index (χ3v) is 3.34. The van der Waals surface area contributed by atoms with E-state index in [1.165, 1.54) is 18.2 Å². The van der Waals surface area contributed by atoms with Gasteiger partial charge in [0.05, 0.1) is 16.1 Å². The smallest absolute Gasteiger partial charge is 0.311 e. The van der Waals surface area contributed by atoms with Crippen LogP contribution in [0.1, 0.15) is 31.8 Å². The number of rotatable bonds is 1. The summed E-state index contributed by atoms with van der Waals surface area (Å²) in [5, 5.41) is 30.5. The number of nitro benzene ring substituents is 1. The first-order valence-electron chi connectivity index (χ1n) is 5.85. The lowest BCUT2D eigenvalue weighted by molar-refractivity contribution is -0.385. The van der Waals surface area contributed by atoms with Gasteiger partial charge >= 0.3 is 5.69 Å². The number of benzene rings is 2. The molecule has 2 N–H and O–H groups in total. The van der Waals surface area contributed by atoms with E-state index >= 15 is 0 Å². The van der Waals surface area contributed by atoms with Gasteiger partial charge in [0.15, 0.2) is 5.78 Å². The normalized spacial score (nSPS) is 12.8. The number of aromatic hydroxyl groups is 2. The average Bonchev–Trinajstić information content (AvgIpc) is 2.43. The highest BCUT2D eigenvalue weighted by Crippen LogP contribution is 2.40. The van der Waals surface area contributed by atoms with E-state index in [4.69, 9.17) is 0 Å². The van der Waals surface area contributed by atoms with Crippen LogP contribution in [0.5, 0.6) is 11.5 Å². The molecule has 0 atom stereocenters. The fraction of sp³-hybridized carbons (Fsp3) is 0. The third-order valence-electron chi connectivity index (χ3n) is 3.34. The van der Waals surface area contributed by atoms with E-state index in [0.29, 0.717) is 0 Å². The molecule has 3 rings (SSSR count). The van der Waals surface area contributed by atoms with Gasteiger partial charge in [0, 0.05) is 17.2 Å². The lowest BCUT2D eigenvalue weighted by atomic mass is 9.83. The minimum absolute atomic E-state index is 0.000697. The Morgan fingerprint density at radius 3 is 2.24 bits per heavy atom. The number of ketones is 2. The van der Waals surface area contributed by atoms with E-state index in [1.54, 1.807) is 0 Å². The topological polar surface area (TPSA) is 118 Å². The summed E-state index contributed by atoms with van der Waals surface area (Å²) >= 11 is 0. The molecule has 21 heavy (non-hydrogen) atoms. The van der Waals surface area contributed by atoms with Gasteiger partial charge in [-0.15, -0.1) is 0 Å². The molecule has 0 radical (unpaired) electrons. The maximum atomic E-state index is 12.4. The average molecular weight is 285 g/mol. The molecule has 0 unspecified atom stereocenters. The van der Waals surface area contributed by atoms with Gasteiger partial charge in [0.2, 0.25) is 11.5 Å². The SMILES string of the molecule is O=C1c2cccc(O)c2C(=O)c2c1ccc([N+](=O)[O-])c2O. The first-order chi connectivity index (χ1) is 9.93. The Bertz CT molecular complexity index is 840. The highest BCUT2D eigenvalue weighted by atomic mass is 16.6. The maximum absolute atomic E-state index is 12.4. The molecule has 7 heteroatoms. The van der Waals surface area contributed by atoms with Crippen molar-refractivity contribution in [1.29, 1.82) is 0 Å². The van der Waals surface area contributed by atoms with Gasteiger partial charge in [0.25, 0.3) is 0 Å². The molecule has 2 aromatic carbocycles. The van der Waals surface area contributed by atoms with Gasteiger partial charge < -0.3 is 10.2 Å². The summed E-state index contributed by atoms with van der Waals surface area (Å²) < 4.78 is 0. The van der Waals surface area contributed by atoms with E-state index < -0.39 is 39.2 Å². The van der Waals surface area contributed by atoms with Crippen molar-refractivity contribution in [3.63, 3.8) is 0 Å². The molecular weight excluding hydrogens is 278 g/mol. The molecule has 0 heterocycles. The van der Waals surface area contributed by atoms with E-state index in [2.05, 4.69) is 0 Å². The van der Waals surface area contributed by atoms with Crippen molar-refractivity contribution >= 4 is 17.3 Å². The molecule has 0 spiro atoms. The lowest BCUT2D eigenvalue weighted by Gasteiger charge is -2.18. The monoisotopic (exact) mass is 285 g/mol. The van der Waals surface area contributed by atoms with Crippen molar-refractivity contribution in [3.8, 4) is 11.5 Å². The number of nitrogens with zero attached hydrogens (tertiary/aromatic N) is 1. The molecule has 2 aromatic rings. The van der Waals surface area contributed by atoms with Crippen LogP contribution in [0.15, 0.2) is 30.3 Å². The fourth-order valence-electron chi connectivity index (χ4n) is 2.38. The Kier molecular flexibility index (Phi) is 2.52. The fourth-order valence-corrected chi connectivity index (χ4v) is 2.38. The molecule has 1 aliphatic carbocycles. The molecule has 1 aliphatic rings. The zero-order valence-electron chi connectivity index (χ0n) is 10.4. The van der Waals surface area contributed by atoms with Crippen LogP contribution in [0.4, 0.5) is 5.69 Å². The quantitative estimate of drug-likeness (QED) is 0.519. The number of carbonyl (C=O) groups is 2. The zero-order chi connectivity index (χ0) is 15.3. The van der Waals surface area contributed by atoms with Gasteiger partial charge in [-0.05, 0) is 12.1 Å².